The molecule has 1 aliphatic rings. The second kappa shape index (κ2) is 7.32. The van der Waals surface area contributed by atoms with Crippen molar-refractivity contribution in [1.29, 1.82) is 0 Å². The number of rotatable bonds is 6. The summed E-state index contributed by atoms with van der Waals surface area (Å²) < 4.78 is 20.2. The van der Waals surface area contributed by atoms with Crippen molar-refractivity contribution < 1.29 is 9.09 Å². The van der Waals surface area contributed by atoms with Gasteiger partial charge in [0.2, 0.25) is 0 Å². The zero-order chi connectivity index (χ0) is 12.9. The highest BCUT2D eigenvalue weighted by Gasteiger charge is 2.39. The topological polar surface area (TPSA) is 41.6 Å². The second-order valence-electron chi connectivity index (χ2n) is 4.24. The average Bonchev–Trinajstić information content (AvgIpc) is 2.32. The van der Waals surface area contributed by atoms with Crippen molar-refractivity contribution in [2.24, 2.45) is 5.92 Å². The molecular formula is C10H21Cl2N2O2P. The number of hydrogen-bond donors (Lipinski definition) is 1. The minimum atomic E-state index is -2.95. The Morgan fingerprint density at radius 2 is 2.00 bits per heavy atom. The normalized spacial score (nSPS) is 34.2. The van der Waals surface area contributed by atoms with Gasteiger partial charge in [-0.2, -0.15) is 0 Å². The highest BCUT2D eigenvalue weighted by molar-refractivity contribution is 7.54. The Kier molecular flexibility index (Phi) is 6.78. The molecule has 0 amide bonds. The highest BCUT2D eigenvalue weighted by atomic mass is 35.5. The van der Waals surface area contributed by atoms with Crippen LogP contribution in [0, 0.1) is 5.92 Å². The molecule has 0 aromatic carbocycles. The molecule has 1 saturated heterocycles. The molecule has 0 spiro atoms. The lowest BCUT2D eigenvalue weighted by Gasteiger charge is -2.39. The van der Waals surface area contributed by atoms with Gasteiger partial charge in [-0.15, -0.1) is 23.2 Å². The van der Waals surface area contributed by atoms with Gasteiger partial charge in [0, 0.05) is 31.4 Å². The highest BCUT2D eigenvalue weighted by Crippen LogP contribution is 2.51. The molecule has 0 aromatic heterocycles. The van der Waals surface area contributed by atoms with Crippen molar-refractivity contribution >= 4 is 30.9 Å². The van der Waals surface area contributed by atoms with Crippen LogP contribution >= 0.6 is 30.9 Å². The van der Waals surface area contributed by atoms with Crippen molar-refractivity contribution in [3.63, 3.8) is 0 Å². The van der Waals surface area contributed by atoms with Crippen molar-refractivity contribution in [1.82, 2.24) is 9.76 Å². The number of nitrogens with zero attached hydrogens (tertiary/aromatic N) is 1. The Bertz CT molecular complexity index is 275. The van der Waals surface area contributed by atoms with Gasteiger partial charge in [0.05, 0.1) is 6.10 Å². The first-order valence-corrected chi connectivity index (χ1v) is 8.63. The molecule has 102 valence electrons. The monoisotopic (exact) mass is 302 g/mol. The smallest absolute Gasteiger partial charge is 0.302 e. The van der Waals surface area contributed by atoms with Crippen LogP contribution in [0.4, 0.5) is 0 Å². The molecule has 4 nitrogen and oxygen atoms in total. The predicted molar refractivity (Wildman–Crippen MR) is 73.0 cm³/mol. The fraction of sp³-hybridized carbons (Fsp3) is 1.00. The van der Waals surface area contributed by atoms with Gasteiger partial charge < -0.3 is 4.52 Å². The fourth-order valence-corrected chi connectivity index (χ4v) is 4.95. The number of alkyl halides is 2. The standard InChI is InChI=1S/C10H21Cl2N2O2P/c1-3-10-9(2)8-13-17(15,16-10)14(6-4-11)7-5-12/h9-10H,3-8H2,1-2H3,(H,13,15). The molecule has 17 heavy (non-hydrogen) atoms. The van der Waals surface area contributed by atoms with Crippen LogP contribution in [0.15, 0.2) is 0 Å². The largest absolute Gasteiger partial charge is 0.343 e. The Morgan fingerprint density at radius 1 is 1.41 bits per heavy atom. The van der Waals surface area contributed by atoms with E-state index in [2.05, 4.69) is 12.0 Å². The summed E-state index contributed by atoms with van der Waals surface area (Å²) >= 11 is 11.4. The van der Waals surface area contributed by atoms with Gasteiger partial charge >= 0.3 is 7.67 Å². The third-order valence-electron chi connectivity index (χ3n) is 2.99. The third-order valence-corrected chi connectivity index (χ3v) is 5.61. The molecule has 1 N–H and O–H groups in total. The van der Waals surface area contributed by atoms with Gasteiger partial charge in [-0.3, -0.25) is 4.57 Å². The minimum Gasteiger partial charge on any atom is -0.302 e. The van der Waals surface area contributed by atoms with Crippen LogP contribution in [-0.2, 0) is 9.09 Å². The molecule has 0 aliphatic carbocycles. The predicted octanol–water partition coefficient (Wildman–Crippen LogP) is 2.91. The van der Waals surface area contributed by atoms with Crippen LogP contribution in [-0.4, -0.2) is 42.2 Å². The summed E-state index contributed by atoms with van der Waals surface area (Å²) in [6, 6.07) is 0. The van der Waals surface area contributed by atoms with Crippen molar-refractivity contribution in [3.05, 3.63) is 0 Å². The zero-order valence-corrected chi connectivity index (χ0v) is 12.8. The van der Waals surface area contributed by atoms with Crippen LogP contribution in [0.5, 0.6) is 0 Å². The molecule has 7 heteroatoms. The molecule has 0 saturated carbocycles. The lowest BCUT2D eigenvalue weighted by Crippen LogP contribution is -2.43. The van der Waals surface area contributed by atoms with E-state index in [9.17, 15) is 4.57 Å². The van der Waals surface area contributed by atoms with Crippen molar-refractivity contribution in [2.45, 2.75) is 26.4 Å². The van der Waals surface area contributed by atoms with E-state index >= 15 is 0 Å². The summed E-state index contributed by atoms with van der Waals surface area (Å²) in [5.41, 5.74) is 0. The fourth-order valence-electron chi connectivity index (χ4n) is 1.93. The van der Waals surface area contributed by atoms with Crippen molar-refractivity contribution in [3.8, 4) is 0 Å². The lowest BCUT2D eigenvalue weighted by atomic mass is 10.0. The van der Waals surface area contributed by atoms with Gasteiger partial charge in [0.25, 0.3) is 0 Å². The summed E-state index contributed by atoms with van der Waals surface area (Å²) in [5.74, 6) is 1.20. The van der Waals surface area contributed by atoms with Gasteiger partial charge in [-0.25, -0.2) is 9.76 Å². The quantitative estimate of drug-likeness (QED) is 0.605. The van der Waals surface area contributed by atoms with Gasteiger partial charge in [0.15, 0.2) is 0 Å². The maximum atomic E-state index is 12.7. The molecule has 0 radical (unpaired) electrons. The molecule has 1 rings (SSSR count). The van der Waals surface area contributed by atoms with Crippen LogP contribution < -0.4 is 5.09 Å². The molecule has 3 unspecified atom stereocenters. The van der Waals surface area contributed by atoms with E-state index < -0.39 is 7.67 Å². The third kappa shape index (κ3) is 4.09. The van der Waals surface area contributed by atoms with E-state index in [0.29, 0.717) is 37.3 Å². The van der Waals surface area contributed by atoms with Gasteiger partial charge in [-0.05, 0) is 12.3 Å². The van der Waals surface area contributed by atoms with Crippen LogP contribution in [0.1, 0.15) is 20.3 Å². The molecule has 0 bridgehead atoms. The van der Waals surface area contributed by atoms with Crippen LogP contribution in [0.2, 0.25) is 0 Å². The Labute approximate surface area is 114 Å². The molecule has 1 aliphatic heterocycles. The van der Waals surface area contributed by atoms with E-state index in [1.807, 2.05) is 6.92 Å². The Hall–Kier alpha value is 0.690. The van der Waals surface area contributed by atoms with Gasteiger partial charge in [-0.1, -0.05) is 13.8 Å². The van der Waals surface area contributed by atoms with E-state index in [0.717, 1.165) is 6.42 Å². The summed E-state index contributed by atoms with van der Waals surface area (Å²) in [4.78, 5) is 0. The zero-order valence-electron chi connectivity index (χ0n) is 10.4. The maximum Gasteiger partial charge on any atom is 0.343 e. The maximum absolute atomic E-state index is 12.7. The van der Waals surface area contributed by atoms with E-state index in [1.54, 1.807) is 4.67 Å². The summed E-state index contributed by atoms with van der Waals surface area (Å²) in [6.45, 7) is 5.88. The summed E-state index contributed by atoms with van der Waals surface area (Å²) in [6.07, 6.45) is 0.901. The van der Waals surface area contributed by atoms with E-state index in [1.165, 1.54) is 0 Å². The lowest BCUT2D eigenvalue weighted by molar-refractivity contribution is 0.0998. The summed E-state index contributed by atoms with van der Waals surface area (Å²) in [7, 11) is -2.95. The number of hydrogen-bond acceptors (Lipinski definition) is 2. The first-order valence-electron chi connectivity index (χ1n) is 5.98. The second-order valence-corrected chi connectivity index (χ2v) is 7.13. The summed E-state index contributed by atoms with van der Waals surface area (Å²) in [5, 5.41) is 3.02. The molecule has 3 atom stereocenters. The average molecular weight is 303 g/mol. The first kappa shape index (κ1) is 15.7. The first-order chi connectivity index (χ1) is 8.07. The van der Waals surface area contributed by atoms with Gasteiger partial charge in [0.1, 0.15) is 0 Å². The number of nitrogens with one attached hydrogen (secondary N) is 1. The molecule has 1 fully saturated rings. The molecule has 0 aromatic rings. The van der Waals surface area contributed by atoms with E-state index in [4.69, 9.17) is 27.7 Å². The SMILES string of the molecule is CCC1OP(=O)(N(CCCl)CCCl)NCC1C. The Balaban J connectivity index is 2.74. The molecule has 1 heterocycles. The van der Waals surface area contributed by atoms with Crippen LogP contribution in [0.25, 0.3) is 0 Å². The van der Waals surface area contributed by atoms with Crippen molar-refractivity contribution in [2.75, 3.05) is 31.4 Å². The molecular weight excluding hydrogens is 282 g/mol. The van der Waals surface area contributed by atoms with Crippen LogP contribution in [0.3, 0.4) is 0 Å². The van der Waals surface area contributed by atoms with E-state index in [-0.39, 0.29) is 6.10 Å². The Morgan fingerprint density at radius 3 is 2.47 bits per heavy atom. The minimum absolute atomic E-state index is 0.0373. The number of halogens is 2.